The van der Waals surface area contributed by atoms with Gasteiger partial charge in [0.25, 0.3) is 5.91 Å². The van der Waals surface area contributed by atoms with Crippen LogP contribution in [0.1, 0.15) is 22.0 Å². The number of amides is 1. The second-order valence-electron chi connectivity index (χ2n) is 6.37. The Hall–Kier alpha value is -3.60. The Bertz CT molecular complexity index is 922. The molecule has 28 heavy (non-hydrogen) atoms. The molecule has 0 saturated carbocycles. The number of rotatable bonds is 6. The molecule has 0 aliphatic rings. The van der Waals surface area contributed by atoms with Crippen LogP contribution in [-0.4, -0.2) is 30.9 Å². The van der Waals surface area contributed by atoms with E-state index in [0.717, 1.165) is 0 Å². The highest BCUT2D eigenvalue weighted by molar-refractivity contribution is 5.92. The summed E-state index contributed by atoms with van der Waals surface area (Å²) < 4.78 is 11.3. The summed E-state index contributed by atoms with van der Waals surface area (Å²) in [5.41, 5.74) is 0.964. The maximum atomic E-state index is 12.6. The highest BCUT2D eigenvalue weighted by Gasteiger charge is 2.26. The van der Waals surface area contributed by atoms with Crippen LogP contribution in [0.25, 0.3) is 0 Å². The van der Waals surface area contributed by atoms with Gasteiger partial charge in [0, 0.05) is 19.7 Å². The molecule has 0 radical (unpaired) electrons. The van der Waals surface area contributed by atoms with E-state index in [9.17, 15) is 9.59 Å². The predicted molar refractivity (Wildman–Crippen MR) is 106 cm³/mol. The van der Waals surface area contributed by atoms with Crippen LogP contribution in [0.5, 0.6) is 11.5 Å². The first-order valence-corrected chi connectivity index (χ1v) is 8.84. The molecule has 0 bridgehead atoms. The lowest BCUT2D eigenvalue weighted by atomic mass is 10.1. The molecule has 3 aromatic rings. The molecule has 0 saturated heterocycles. The lowest BCUT2D eigenvalue weighted by molar-refractivity contribution is -0.138. The minimum Gasteiger partial charge on any atom is -0.457 e. The highest BCUT2D eigenvalue weighted by atomic mass is 16.5. The molecule has 0 N–H and O–H groups in total. The van der Waals surface area contributed by atoms with Crippen molar-refractivity contribution >= 4 is 11.9 Å². The van der Waals surface area contributed by atoms with Crippen molar-refractivity contribution in [2.75, 3.05) is 14.1 Å². The van der Waals surface area contributed by atoms with E-state index in [1.165, 1.54) is 4.90 Å². The Kier molecular flexibility index (Phi) is 6.07. The Morgan fingerprint density at radius 2 is 1.29 bits per heavy atom. The number of nitrogens with zero attached hydrogens (tertiary/aromatic N) is 1. The molecule has 0 unspecified atom stereocenters. The van der Waals surface area contributed by atoms with Gasteiger partial charge in [0.1, 0.15) is 11.5 Å². The quantitative estimate of drug-likeness (QED) is 0.597. The number of ether oxygens (including phenoxy) is 2. The normalized spacial score (nSPS) is 11.4. The Morgan fingerprint density at radius 1 is 0.750 bits per heavy atom. The minimum atomic E-state index is -0.996. The zero-order valence-electron chi connectivity index (χ0n) is 15.7. The fraction of sp³-hybridized carbons (Fsp3) is 0.130. The summed E-state index contributed by atoms with van der Waals surface area (Å²) in [4.78, 5) is 26.5. The van der Waals surface area contributed by atoms with E-state index in [1.54, 1.807) is 62.6 Å². The minimum absolute atomic E-state index is 0.302. The van der Waals surface area contributed by atoms with Crippen molar-refractivity contribution in [3.63, 3.8) is 0 Å². The number of esters is 1. The summed E-state index contributed by atoms with van der Waals surface area (Å²) in [6.45, 7) is 0. The van der Waals surface area contributed by atoms with Gasteiger partial charge in [0.05, 0.1) is 5.56 Å². The van der Waals surface area contributed by atoms with Crippen LogP contribution in [0.15, 0.2) is 84.9 Å². The maximum Gasteiger partial charge on any atom is 0.339 e. The van der Waals surface area contributed by atoms with Crippen LogP contribution < -0.4 is 4.74 Å². The molecule has 3 aromatic carbocycles. The van der Waals surface area contributed by atoms with Gasteiger partial charge in [-0.05, 0) is 36.4 Å². The molecule has 1 amide bonds. The molecule has 0 spiro atoms. The third-order valence-electron chi connectivity index (χ3n) is 4.06. The molecule has 5 nitrogen and oxygen atoms in total. The maximum absolute atomic E-state index is 12.6. The number of para-hydroxylation sites is 1. The van der Waals surface area contributed by atoms with E-state index in [-0.39, 0.29) is 5.91 Å². The number of likely N-dealkylation sites (N-methyl/N-ethyl adjacent to an activating group) is 1. The van der Waals surface area contributed by atoms with E-state index >= 15 is 0 Å². The van der Waals surface area contributed by atoms with Crippen molar-refractivity contribution in [3.8, 4) is 11.5 Å². The number of carbonyl (C=O) groups is 2. The zero-order valence-corrected chi connectivity index (χ0v) is 15.7. The second-order valence-corrected chi connectivity index (χ2v) is 6.37. The SMILES string of the molecule is CN(C)C(=O)[C@H](OC(=O)c1ccc(Oc2ccccc2)cc1)c1ccccc1. The van der Waals surface area contributed by atoms with Crippen molar-refractivity contribution in [1.82, 2.24) is 4.90 Å². The second kappa shape index (κ2) is 8.86. The molecule has 0 aliphatic heterocycles. The van der Waals surface area contributed by atoms with Crippen molar-refractivity contribution in [3.05, 3.63) is 96.1 Å². The van der Waals surface area contributed by atoms with E-state index in [0.29, 0.717) is 22.6 Å². The van der Waals surface area contributed by atoms with Crippen molar-refractivity contribution < 1.29 is 19.1 Å². The summed E-state index contributed by atoms with van der Waals surface area (Å²) in [5, 5.41) is 0. The average Bonchev–Trinajstić information content (AvgIpc) is 2.73. The number of benzene rings is 3. The molecule has 1 atom stereocenters. The molecule has 142 valence electrons. The van der Waals surface area contributed by atoms with E-state index in [1.807, 2.05) is 36.4 Å². The van der Waals surface area contributed by atoms with Gasteiger partial charge >= 0.3 is 5.97 Å². The molecular weight excluding hydrogens is 354 g/mol. The van der Waals surface area contributed by atoms with Gasteiger partial charge in [-0.3, -0.25) is 4.79 Å². The molecular formula is C23H21NO4. The van der Waals surface area contributed by atoms with Crippen LogP contribution >= 0.6 is 0 Å². The molecule has 0 aliphatic carbocycles. The van der Waals surface area contributed by atoms with Gasteiger partial charge in [-0.1, -0.05) is 48.5 Å². The van der Waals surface area contributed by atoms with Crippen LogP contribution in [0.3, 0.4) is 0 Å². The van der Waals surface area contributed by atoms with Gasteiger partial charge < -0.3 is 14.4 Å². The van der Waals surface area contributed by atoms with Crippen molar-refractivity contribution in [2.45, 2.75) is 6.10 Å². The van der Waals surface area contributed by atoms with Gasteiger partial charge in [-0.2, -0.15) is 0 Å². The van der Waals surface area contributed by atoms with Gasteiger partial charge in [0.2, 0.25) is 6.10 Å². The standard InChI is InChI=1S/C23H21NO4/c1-24(2)22(25)21(17-9-5-3-6-10-17)28-23(26)18-13-15-20(16-14-18)27-19-11-7-4-8-12-19/h3-16,21H,1-2H3/t21-/m1/s1. The molecule has 0 aromatic heterocycles. The summed E-state index contributed by atoms with van der Waals surface area (Å²) in [5.74, 6) is 0.434. The summed E-state index contributed by atoms with van der Waals surface area (Å²) in [6.07, 6.45) is -0.996. The van der Waals surface area contributed by atoms with Crippen molar-refractivity contribution in [1.29, 1.82) is 0 Å². The molecule has 0 heterocycles. The number of hydrogen-bond acceptors (Lipinski definition) is 4. The summed E-state index contributed by atoms with van der Waals surface area (Å²) in [7, 11) is 3.25. The Labute approximate surface area is 164 Å². The fourth-order valence-electron chi connectivity index (χ4n) is 2.58. The number of carbonyl (C=O) groups excluding carboxylic acids is 2. The van der Waals surface area contributed by atoms with E-state index < -0.39 is 12.1 Å². The average molecular weight is 375 g/mol. The Morgan fingerprint density at radius 3 is 1.86 bits per heavy atom. The van der Waals surface area contributed by atoms with Crippen LogP contribution in [0.4, 0.5) is 0 Å². The van der Waals surface area contributed by atoms with Crippen LogP contribution in [0.2, 0.25) is 0 Å². The summed E-state index contributed by atoms with van der Waals surface area (Å²) in [6, 6.07) is 24.9. The topological polar surface area (TPSA) is 55.8 Å². The first-order valence-electron chi connectivity index (χ1n) is 8.84. The zero-order chi connectivity index (χ0) is 19.9. The number of hydrogen-bond donors (Lipinski definition) is 0. The lowest BCUT2D eigenvalue weighted by Gasteiger charge is -2.21. The fourth-order valence-corrected chi connectivity index (χ4v) is 2.58. The monoisotopic (exact) mass is 375 g/mol. The lowest BCUT2D eigenvalue weighted by Crippen LogP contribution is -2.31. The third kappa shape index (κ3) is 4.76. The first kappa shape index (κ1) is 19.2. The first-order chi connectivity index (χ1) is 13.5. The smallest absolute Gasteiger partial charge is 0.339 e. The van der Waals surface area contributed by atoms with Gasteiger partial charge in [-0.25, -0.2) is 4.79 Å². The molecule has 0 fully saturated rings. The largest absolute Gasteiger partial charge is 0.457 e. The third-order valence-corrected chi connectivity index (χ3v) is 4.06. The van der Waals surface area contributed by atoms with Gasteiger partial charge in [0.15, 0.2) is 0 Å². The van der Waals surface area contributed by atoms with E-state index in [4.69, 9.17) is 9.47 Å². The van der Waals surface area contributed by atoms with Gasteiger partial charge in [-0.15, -0.1) is 0 Å². The molecule has 3 rings (SSSR count). The Balaban J connectivity index is 1.74. The van der Waals surface area contributed by atoms with Crippen LogP contribution in [-0.2, 0) is 9.53 Å². The highest BCUT2D eigenvalue weighted by Crippen LogP contribution is 2.24. The van der Waals surface area contributed by atoms with Crippen molar-refractivity contribution in [2.24, 2.45) is 0 Å². The summed E-state index contributed by atoms with van der Waals surface area (Å²) >= 11 is 0. The predicted octanol–water partition coefficient (Wildman–Crippen LogP) is 4.47. The van der Waals surface area contributed by atoms with E-state index in [2.05, 4.69) is 0 Å². The van der Waals surface area contributed by atoms with Crippen LogP contribution in [0, 0.1) is 0 Å². The molecule has 5 heteroatoms.